The standard InChI is InChI=1S/C14H26N4/c1-12(15-2)13-7-8-14(16-11-13)18(5)10-6-9-17(3)4/h7-8,11-12,15H,6,9-10H2,1-5H3. The van der Waals surface area contributed by atoms with Crippen LogP contribution in [0.4, 0.5) is 5.82 Å². The molecule has 1 aromatic heterocycles. The number of hydrogen-bond acceptors (Lipinski definition) is 4. The molecule has 0 aliphatic carbocycles. The molecule has 102 valence electrons. The van der Waals surface area contributed by atoms with Gasteiger partial charge in [0.25, 0.3) is 0 Å². The van der Waals surface area contributed by atoms with Crippen LogP contribution in [0.25, 0.3) is 0 Å². The third-order valence-electron chi connectivity index (χ3n) is 3.19. The molecule has 1 rings (SSSR count). The van der Waals surface area contributed by atoms with E-state index in [1.165, 1.54) is 5.56 Å². The molecule has 1 heterocycles. The van der Waals surface area contributed by atoms with Crippen molar-refractivity contribution in [2.45, 2.75) is 19.4 Å². The van der Waals surface area contributed by atoms with Gasteiger partial charge in [-0.2, -0.15) is 0 Å². The maximum absolute atomic E-state index is 4.52. The fourth-order valence-electron chi connectivity index (χ4n) is 1.78. The molecule has 1 aromatic rings. The molecule has 0 fully saturated rings. The second-order valence-corrected chi connectivity index (χ2v) is 5.04. The highest BCUT2D eigenvalue weighted by Crippen LogP contribution is 2.14. The Morgan fingerprint density at radius 2 is 1.94 bits per heavy atom. The molecule has 0 spiro atoms. The van der Waals surface area contributed by atoms with Crippen LogP contribution in [0.3, 0.4) is 0 Å². The van der Waals surface area contributed by atoms with Crippen molar-refractivity contribution >= 4 is 5.82 Å². The van der Waals surface area contributed by atoms with Gasteiger partial charge >= 0.3 is 0 Å². The van der Waals surface area contributed by atoms with Crippen molar-refractivity contribution in [2.75, 3.05) is 46.2 Å². The highest BCUT2D eigenvalue weighted by Gasteiger charge is 2.05. The van der Waals surface area contributed by atoms with Gasteiger partial charge in [0.05, 0.1) is 0 Å². The molecule has 0 aliphatic rings. The summed E-state index contributed by atoms with van der Waals surface area (Å²) in [5.41, 5.74) is 1.22. The average Bonchev–Trinajstić information content (AvgIpc) is 2.37. The maximum Gasteiger partial charge on any atom is 0.128 e. The van der Waals surface area contributed by atoms with Crippen LogP contribution < -0.4 is 10.2 Å². The van der Waals surface area contributed by atoms with Crippen LogP contribution in [0.15, 0.2) is 18.3 Å². The average molecular weight is 250 g/mol. The Morgan fingerprint density at radius 1 is 1.22 bits per heavy atom. The van der Waals surface area contributed by atoms with Gasteiger partial charge in [0.15, 0.2) is 0 Å². The molecule has 0 aromatic carbocycles. The molecule has 0 aliphatic heterocycles. The van der Waals surface area contributed by atoms with Crippen LogP contribution in [0.2, 0.25) is 0 Å². The van der Waals surface area contributed by atoms with E-state index in [2.05, 4.69) is 60.3 Å². The molecule has 1 atom stereocenters. The van der Waals surface area contributed by atoms with E-state index < -0.39 is 0 Å². The molecule has 4 heteroatoms. The van der Waals surface area contributed by atoms with E-state index in [9.17, 15) is 0 Å². The summed E-state index contributed by atoms with van der Waals surface area (Å²) in [7, 11) is 8.27. The highest BCUT2D eigenvalue weighted by atomic mass is 15.2. The second-order valence-electron chi connectivity index (χ2n) is 5.04. The van der Waals surface area contributed by atoms with Gasteiger partial charge in [0.1, 0.15) is 5.82 Å². The summed E-state index contributed by atoms with van der Waals surface area (Å²) in [5.74, 6) is 1.04. The van der Waals surface area contributed by atoms with Gasteiger partial charge in [-0.3, -0.25) is 0 Å². The van der Waals surface area contributed by atoms with Crippen molar-refractivity contribution in [3.05, 3.63) is 23.9 Å². The molecule has 0 radical (unpaired) electrons. The van der Waals surface area contributed by atoms with E-state index in [1.807, 2.05) is 13.2 Å². The number of nitrogens with zero attached hydrogens (tertiary/aromatic N) is 3. The Kier molecular flexibility index (Phi) is 6.09. The number of pyridine rings is 1. The first-order chi connectivity index (χ1) is 8.54. The minimum absolute atomic E-state index is 0.352. The summed E-state index contributed by atoms with van der Waals surface area (Å²) in [6, 6.07) is 4.59. The van der Waals surface area contributed by atoms with Crippen LogP contribution in [-0.4, -0.2) is 51.2 Å². The molecular formula is C14H26N4. The Hall–Kier alpha value is -1.13. The third-order valence-corrected chi connectivity index (χ3v) is 3.19. The monoisotopic (exact) mass is 250 g/mol. The largest absolute Gasteiger partial charge is 0.360 e. The fourth-order valence-corrected chi connectivity index (χ4v) is 1.78. The maximum atomic E-state index is 4.52. The van der Waals surface area contributed by atoms with Gasteiger partial charge in [0, 0.05) is 25.8 Å². The molecule has 18 heavy (non-hydrogen) atoms. The van der Waals surface area contributed by atoms with Crippen LogP contribution in [0.5, 0.6) is 0 Å². The summed E-state index contributed by atoms with van der Waals surface area (Å²) >= 11 is 0. The summed E-state index contributed by atoms with van der Waals surface area (Å²) in [6.45, 7) is 4.28. The van der Waals surface area contributed by atoms with Gasteiger partial charge in [-0.15, -0.1) is 0 Å². The van der Waals surface area contributed by atoms with Crippen LogP contribution in [-0.2, 0) is 0 Å². The number of anilines is 1. The third kappa shape index (κ3) is 4.63. The van der Waals surface area contributed by atoms with E-state index in [0.29, 0.717) is 6.04 Å². The summed E-state index contributed by atoms with van der Waals surface area (Å²) in [6.07, 6.45) is 3.11. The minimum Gasteiger partial charge on any atom is -0.360 e. The molecule has 0 bridgehead atoms. The predicted octanol–water partition coefficient (Wildman–Crippen LogP) is 1.75. The van der Waals surface area contributed by atoms with Crippen LogP contribution in [0, 0.1) is 0 Å². The summed E-state index contributed by atoms with van der Waals surface area (Å²) in [5, 5.41) is 3.22. The summed E-state index contributed by atoms with van der Waals surface area (Å²) in [4.78, 5) is 8.93. The SMILES string of the molecule is CNC(C)c1ccc(N(C)CCCN(C)C)nc1. The fraction of sp³-hybridized carbons (Fsp3) is 0.643. The molecule has 4 nitrogen and oxygen atoms in total. The number of aromatic nitrogens is 1. The number of rotatable bonds is 7. The lowest BCUT2D eigenvalue weighted by molar-refractivity contribution is 0.401. The Labute approximate surface area is 111 Å². The van der Waals surface area contributed by atoms with E-state index in [-0.39, 0.29) is 0 Å². The Morgan fingerprint density at radius 3 is 2.44 bits per heavy atom. The second kappa shape index (κ2) is 7.34. The van der Waals surface area contributed by atoms with E-state index in [1.54, 1.807) is 0 Å². The minimum atomic E-state index is 0.352. The van der Waals surface area contributed by atoms with Crippen LogP contribution in [0.1, 0.15) is 24.9 Å². The zero-order valence-electron chi connectivity index (χ0n) is 12.3. The smallest absolute Gasteiger partial charge is 0.128 e. The van der Waals surface area contributed by atoms with Crippen molar-refractivity contribution in [3.63, 3.8) is 0 Å². The molecule has 0 saturated heterocycles. The molecular weight excluding hydrogens is 224 g/mol. The van der Waals surface area contributed by atoms with Crippen LogP contribution >= 0.6 is 0 Å². The molecule has 1 N–H and O–H groups in total. The molecule has 0 saturated carbocycles. The van der Waals surface area contributed by atoms with Crippen molar-refractivity contribution in [1.29, 1.82) is 0 Å². The molecule has 1 unspecified atom stereocenters. The van der Waals surface area contributed by atoms with E-state index in [4.69, 9.17) is 0 Å². The highest BCUT2D eigenvalue weighted by molar-refractivity contribution is 5.38. The lowest BCUT2D eigenvalue weighted by Crippen LogP contribution is -2.24. The normalized spacial score (nSPS) is 12.8. The summed E-state index contributed by atoms with van der Waals surface area (Å²) < 4.78 is 0. The Bertz CT molecular complexity index is 334. The first-order valence-corrected chi connectivity index (χ1v) is 6.53. The topological polar surface area (TPSA) is 31.4 Å². The van der Waals surface area contributed by atoms with Crippen molar-refractivity contribution < 1.29 is 0 Å². The van der Waals surface area contributed by atoms with Crippen molar-refractivity contribution in [3.8, 4) is 0 Å². The van der Waals surface area contributed by atoms with Gasteiger partial charge in [-0.1, -0.05) is 6.07 Å². The van der Waals surface area contributed by atoms with E-state index >= 15 is 0 Å². The lowest BCUT2D eigenvalue weighted by atomic mass is 10.1. The molecule has 0 amide bonds. The predicted molar refractivity (Wildman–Crippen MR) is 78.2 cm³/mol. The van der Waals surface area contributed by atoms with Gasteiger partial charge in [-0.25, -0.2) is 4.98 Å². The number of hydrogen-bond donors (Lipinski definition) is 1. The quantitative estimate of drug-likeness (QED) is 0.799. The first-order valence-electron chi connectivity index (χ1n) is 6.53. The van der Waals surface area contributed by atoms with Gasteiger partial charge in [-0.05, 0) is 52.7 Å². The van der Waals surface area contributed by atoms with E-state index in [0.717, 1.165) is 25.3 Å². The zero-order chi connectivity index (χ0) is 13.5. The Balaban J connectivity index is 2.51. The van der Waals surface area contributed by atoms with Crippen molar-refractivity contribution in [1.82, 2.24) is 15.2 Å². The number of nitrogens with one attached hydrogen (secondary N) is 1. The van der Waals surface area contributed by atoms with Gasteiger partial charge in [0.2, 0.25) is 0 Å². The van der Waals surface area contributed by atoms with Gasteiger partial charge < -0.3 is 15.1 Å². The lowest BCUT2D eigenvalue weighted by Gasteiger charge is -2.20. The zero-order valence-corrected chi connectivity index (χ0v) is 12.3. The van der Waals surface area contributed by atoms with Crippen molar-refractivity contribution in [2.24, 2.45) is 0 Å². The first kappa shape index (κ1) is 14.9.